The van der Waals surface area contributed by atoms with Crippen molar-refractivity contribution in [2.24, 2.45) is 0 Å². The summed E-state index contributed by atoms with van der Waals surface area (Å²) >= 11 is 5.95. The molecule has 7 nitrogen and oxygen atoms in total. The van der Waals surface area contributed by atoms with E-state index in [1.165, 1.54) is 0 Å². The molecule has 0 aromatic heterocycles. The highest BCUT2D eigenvalue weighted by Crippen LogP contribution is 2.33. The van der Waals surface area contributed by atoms with Crippen LogP contribution < -0.4 is 5.32 Å². The summed E-state index contributed by atoms with van der Waals surface area (Å²) in [6.45, 7) is 2.50. The summed E-state index contributed by atoms with van der Waals surface area (Å²) in [5.74, 6) is 0.179. The number of nitrogens with zero attached hydrogens (tertiary/aromatic N) is 2. The molecule has 0 bridgehead atoms. The molecule has 3 amide bonds. The minimum absolute atomic E-state index is 0.000558. The average molecular weight is 366 g/mol. The van der Waals surface area contributed by atoms with Gasteiger partial charge in [0, 0.05) is 32.1 Å². The molecule has 3 saturated heterocycles. The normalized spacial score (nSPS) is 26.7. The predicted molar refractivity (Wildman–Crippen MR) is 90.7 cm³/mol. The molecular formula is C17H20ClN3O4. The van der Waals surface area contributed by atoms with Crippen molar-refractivity contribution in [2.75, 3.05) is 32.8 Å². The second-order valence-electron chi connectivity index (χ2n) is 6.85. The van der Waals surface area contributed by atoms with Gasteiger partial charge in [0.25, 0.3) is 0 Å². The second kappa shape index (κ2) is 6.38. The van der Waals surface area contributed by atoms with Gasteiger partial charge in [-0.25, -0.2) is 4.79 Å². The number of carbonyl (C=O) groups is 2. The number of nitrogens with one attached hydrogen (secondary N) is 1. The van der Waals surface area contributed by atoms with Gasteiger partial charge in [-0.1, -0.05) is 17.7 Å². The van der Waals surface area contributed by atoms with Crippen molar-refractivity contribution in [3.05, 3.63) is 28.8 Å². The van der Waals surface area contributed by atoms with Crippen molar-refractivity contribution in [3.8, 4) is 5.75 Å². The maximum atomic E-state index is 12.7. The Hall–Kier alpha value is -1.99. The smallest absolute Gasteiger partial charge is 0.320 e. The first-order valence-corrected chi connectivity index (χ1v) is 8.82. The van der Waals surface area contributed by atoms with Crippen LogP contribution in [0.25, 0.3) is 0 Å². The average Bonchev–Trinajstić information content (AvgIpc) is 2.56. The third kappa shape index (κ3) is 3.14. The Morgan fingerprint density at radius 3 is 2.84 bits per heavy atom. The fraction of sp³-hybridized carbons (Fsp3) is 0.529. The summed E-state index contributed by atoms with van der Waals surface area (Å²) in [6, 6.07) is 5.06. The van der Waals surface area contributed by atoms with E-state index in [0.29, 0.717) is 31.2 Å². The third-order valence-corrected chi connectivity index (χ3v) is 5.49. The summed E-state index contributed by atoms with van der Waals surface area (Å²) < 4.78 is 5.52. The number of hydrogen-bond donors (Lipinski definition) is 2. The molecule has 3 aliphatic heterocycles. The van der Waals surface area contributed by atoms with Crippen LogP contribution in [0.3, 0.4) is 0 Å². The van der Waals surface area contributed by atoms with Crippen LogP contribution in [-0.4, -0.2) is 71.8 Å². The molecule has 8 heteroatoms. The standard InChI is InChI=1S/C17H20ClN3O4/c18-12-5-10(1-2-14(12)22)11-6-21(7-11)17(24)20-4-3-15-13(8-20)19-16(23)9-25-15/h1-2,5,11,13,15,22H,3-4,6-9H2,(H,19,23)/t13-,15+/m1/s1. The fourth-order valence-corrected chi connectivity index (χ4v) is 3.89. The maximum absolute atomic E-state index is 12.7. The van der Waals surface area contributed by atoms with Gasteiger partial charge in [0.2, 0.25) is 5.91 Å². The van der Waals surface area contributed by atoms with Gasteiger partial charge in [-0.2, -0.15) is 0 Å². The highest BCUT2D eigenvalue weighted by atomic mass is 35.5. The van der Waals surface area contributed by atoms with Crippen molar-refractivity contribution < 1.29 is 19.4 Å². The Kier molecular flexibility index (Phi) is 4.21. The molecule has 3 aliphatic rings. The lowest BCUT2D eigenvalue weighted by atomic mass is 9.91. The lowest BCUT2D eigenvalue weighted by Gasteiger charge is -2.46. The quantitative estimate of drug-likeness (QED) is 0.782. The first kappa shape index (κ1) is 16.5. The largest absolute Gasteiger partial charge is 0.506 e. The Labute approximate surface area is 150 Å². The van der Waals surface area contributed by atoms with Crippen molar-refractivity contribution in [3.63, 3.8) is 0 Å². The van der Waals surface area contributed by atoms with Crippen LogP contribution in [0, 0.1) is 0 Å². The predicted octanol–water partition coefficient (Wildman–Crippen LogP) is 1.15. The molecule has 0 aliphatic carbocycles. The molecule has 4 rings (SSSR count). The summed E-state index contributed by atoms with van der Waals surface area (Å²) in [7, 11) is 0. The van der Waals surface area contributed by atoms with Crippen LogP contribution in [0.2, 0.25) is 5.02 Å². The number of halogens is 1. The molecule has 2 N–H and O–H groups in total. The number of rotatable bonds is 1. The van der Waals surface area contributed by atoms with Crippen LogP contribution in [0.5, 0.6) is 5.75 Å². The molecule has 0 unspecified atom stereocenters. The summed E-state index contributed by atoms with van der Waals surface area (Å²) in [5.41, 5.74) is 1.03. The first-order chi connectivity index (χ1) is 12.0. The summed E-state index contributed by atoms with van der Waals surface area (Å²) in [6.07, 6.45) is 0.742. The van der Waals surface area contributed by atoms with Gasteiger partial charge in [-0.15, -0.1) is 0 Å². The van der Waals surface area contributed by atoms with Crippen LogP contribution in [0.1, 0.15) is 17.9 Å². The van der Waals surface area contributed by atoms with E-state index in [-0.39, 0.29) is 42.4 Å². The van der Waals surface area contributed by atoms with Gasteiger partial charge >= 0.3 is 6.03 Å². The first-order valence-electron chi connectivity index (χ1n) is 8.44. The fourth-order valence-electron chi connectivity index (χ4n) is 3.70. The summed E-state index contributed by atoms with van der Waals surface area (Å²) in [4.78, 5) is 27.7. The molecule has 0 radical (unpaired) electrons. The van der Waals surface area contributed by atoms with E-state index in [2.05, 4.69) is 5.32 Å². The Morgan fingerprint density at radius 2 is 2.08 bits per heavy atom. The van der Waals surface area contributed by atoms with Crippen molar-refractivity contribution in [2.45, 2.75) is 24.5 Å². The minimum Gasteiger partial charge on any atom is -0.506 e. The lowest BCUT2D eigenvalue weighted by Crippen LogP contribution is -2.63. The van der Waals surface area contributed by atoms with Gasteiger partial charge in [0.15, 0.2) is 0 Å². The number of piperidine rings is 1. The highest BCUT2D eigenvalue weighted by molar-refractivity contribution is 6.32. The topological polar surface area (TPSA) is 82.1 Å². The zero-order valence-electron chi connectivity index (χ0n) is 13.7. The number of morpholine rings is 1. The number of aromatic hydroxyl groups is 1. The van der Waals surface area contributed by atoms with E-state index in [0.717, 1.165) is 12.0 Å². The van der Waals surface area contributed by atoms with E-state index >= 15 is 0 Å². The third-order valence-electron chi connectivity index (χ3n) is 5.19. The molecule has 134 valence electrons. The monoisotopic (exact) mass is 365 g/mol. The van der Waals surface area contributed by atoms with Gasteiger partial charge in [-0.05, 0) is 24.1 Å². The van der Waals surface area contributed by atoms with Crippen molar-refractivity contribution in [1.82, 2.24) is 15.1 Å². The van der Waals surface area contributed by atoms with E-state index in [4.69, 9.17) is 16.3 Å². The van der Waals surface area contributed by atoms with Crippen molar-refractivity contribution in [1.29, 1.82) is 0 Å². The molecule has 0 saturated carbocycles. The van der Waals surface area contributed by atoms with E-state index in [9.17, 15) is 14.7 Å². The van der Waals surface area contributed by atoms with Crippen LogP contribution in [0.15, 0.2) is 18.2 Å². The zero-order chi connectivity index (χ0) is 17.6. The van der Waals surface area contributed by atoms with Crippen molar-refractivity contribution >= 4 is 23.5 Å². The maximum Gasteiger partial charge on any atom is 0.320 e. The van der Waals surface area contributed by atoms with Crippen LogP contribution >= 0.6 is 11.6 Å². The number of fused-ring (bicyclic) bond motifs is 1. The number of ether oxygens (including phenoxy) is 1. The Balaban J connectivity index is 1.34. The number of phenolic OH excluding ortho intramolecular Hbond substituents is 1. The number of benzene rings is 1. The molecule has 25 heavy (non-hydrogen) atoms. The van der Waals surface area contributed by atoms with E-state index in [1.807, 2.05) is 6.07 Å². The molecule has 2 atom stereocenters. The lowest BCUT2D eigenvalue weighted by molar-refractivity contribution is -0.139. The SMILES string of the molecule is O=C1CO[C@H]2CCN(C(=O)N3CC(c4ccc(O)c(Cl)c4)C3)C[C@H]2N1. The minimum atomic E-state index is -0.122. The van der Waals surface area contributed by atoms with Gasteiger partial charge in [0.05, 0.1) is 17.2 Å². The van der Waals surface area contributed by atoms with E-state index < -0.39 is 0 Å². The van der Waals surface area contributed by atoms with E-state index in [1.54, 1.807) is 21.9 Å². The number of hydrogen-bond acceptors (Lipinski definition) is 4. The van der Waals surface area contributed by atoms with Gasteiger partial charge in [0.1, 0.15) is 12.4 Å². The van der Waals surface area contributed by atoms with Crippen LogP contribution in [-0.2, 0) is 9.53 Å². The number of carbonyl (C=O) groups excluding carboxylic acids is 2. The van der Waals surface area contributed by atoms with Crippen LogP contribution in [0.4, 0.5) is 4.79 Å². The van der Waals surface area contributed by atoms with Gasteiger partial charge < -0.3 is 25.0 Å². The number of phenols is 1. The number of urea groups is 1. The molecule has 0 spiro atoms. The molecule has 3 heterocycles. The Morgan fingerprint density at radius 1 is 1.28 bits per heavy atom. The highest BCUT2D eigenvalue weighted by Gasteiger charge is 2.40. The zero-order valence-corrected chi connectivity index (χ0v) is 14.4. The molecule has 1 aromatic carbocycles. The molecular weight excluding hydrogens is 346 g/mol. The Bertz CT molecular complexity index is 707. The van der Waals surface area contributed by atoms with Gasteiger partial charge in [-0.3, -0.25) is 4.79 Å². The second-order valence-corrected chi connectivity index (χ2v) is 7.26. The summed E-state index contributed by atoms with van der Waals surface area (Å²) in [5, 5.41) is 12.7. The number of amides is 3. The molecule has 1 aromatic rings. The molecule has 3 fully saturated rings. The number of likely N-dealkylation sites (tertiary alicyclic amines) is 2.